The number of aromatic nitrogens is 6. The Morgan fingerprint density at radius 1 is 0.836 bits per heavy atom. The van der Waals surface area contributed by atoms with Crippen molar-refractivity contribution in [3.63, 3.8) is 0 Å². The number of benzene rings is 2. The van der Waals surface area contributed by atoms with E-state index in [9.17, 15) is 24.3 Å². The summed E-state index contributed by atoms with van der Waals surface area (Å²) in [5.74, 6) is 0.673. The van der Waals surface area contributed by atoms with Gasteiger partial charge in [0.25, 0.3) is 0 Å². The highest BCUT2D eigenvalue weighted by Crippen LogP contribution is 2.35. The summed E-state index contributed by atoms with van der Waals surface area (Å²) in [6, 6.07) is 11.5. The van der Waals surface area contributed by atoms with Crippen molar-refractivity contribution in [1.82, 2.24) is 49.9 Å². The van der Waals surface area contributed by atoms with E-state index in [2.05, 4.69) is 25.3 Å². The lowest BCUT2D eigenvalue weighted by Crippen LogP contribution is -2.51. The number of rotatable bonds is 12. The summed E-state index contributed by atoms with van der Waals surface area (Å²) in [6.45, 7) is 10.4. The van der Waals surface area contributed by atoms with Gasteiger partial charge in [-0.1, -0.05) is 44.2 Å². The number of ether oxygens (including phenoxy) is 2. The molecule has 17 nitrogen and oxygen atoms in total. The Morgan fingerprint density at radius 2 is 1.41 bits per heavy atom. The van der Waals surface area contributed by atoms with Gasteiger partial charge in [-0.15, -0.1) is 0 Å². The van der Waals surface area contributed by atoms with Gasteiger partial charge >= 0.3 is 12.2 Å². The molecule has 5 heterocycles. The maximum Gasteiger partial charge on any atom is 0.407 e. The summed E-state index contributed by atoms with van der Waals surface area (Å²) in [6.07, 6.45) is 6.47. The van der Waals surface area contributed by atoms with E-state index in [0.717, 1.165) is 64.2 Å². The van der Waals surface area contributed by atoms with Gasteiger partial charge in [0.1, 0.15) is 23.7 Å². The molecule has 2 saturated heterocycles. The van der Waals surface area contributed by atoms with Gasteiger partial charge < -0.3 is 39.7 Å². The lowest BCUT2D eigenvalue weighted by atomic mass is 10.0. The third kappa shape index (κ3) is 9.36. The van der Waals surface area contributed by atoms with Crippen LogP contribution in [0.1, 0.15) is 84.0 Å². The van der Waals surface area contributed by atoms with E-state index in [4.69, 9.17) is 19.4 Å². The first-order valence-electron chi connectivity index (χ1n) is 20.6. The lowest BCUT2D eigenvalue weighted by Gasteiger charge is -2.33. The molecular weight excluding hydrogens is 781 g/mol. The van der Waals surface area contributed by atoms with Gasteiger partial charge in [-0.05, 0) is 70.1 Å². The number of fused-ring (bicyclic) bond motifs is 1. The summed E-state index contributed by atoms with van der Waals surface area (Å²) < 4.78 is 10.7. The fraction of sp³-hybridized carbons (Fsp3) is 0.455. The molecule has 5 aromatic rings. The minimum atomic E-state index is -1.13. The van der Waals surface area contributed by atoms with Gasteiger partial charge in [0, 0.05) is 31.3 Å². The maximum atomic E-state index is 13.8. The third-order valence-corrected chi connectivity index (χ3v) is 11.3. The number of nitrogens with zero attached hydrogens (tertiary/aromatic N) is 7. The molecular formula is C44H54N10O7. The zero-order valence-corrected chi connectivity index (χ0v) is 35.6. The average Bonchev–Trinajstić information content (AvgIpc) is 4.08. The number of carbonyl (C=O) groups is 4. The van der Waals surface area contributed by atoms with Crippen molar-refractivity contribution in [2.45, 2.75) is 90.1 Å². The Hall–Kier alpha value is -6.36. The molecule has 2 aromatic carbocycles. The summed E-state index contributed by atoms with van der Waals surface area (Å²) in [5, 5.41) is 12.2. The molecule has 0 bridgehead atoms. The first-order valence-corrected chi connectivity index (χ1v) is 20.6. The molecule has 0 saturated carbocycles. The van der Waals surface area contributed by atoms with Crippen molar-refractivity contribution in [2.75, 3.05) is 33.9 Å². The third-order valence-electron chi connectivity index (χ3n) is 11.3. The van der Waals surface area contributed by atoms with Gasteiger partial charge in [0.05, 0.1) is 78.1 Å². The molecule has 2 aliphatic rings. The van der Waals surface area contributed by atoms with Crippen LogP contribution in [0.25, 0.3) is 44.8 Å². The van der Waals surface area contributed by atoms with Crippen LogP contribution in [0.4, 0.5) is 9.59 Å². The number of alkyl carbamates (subject to hydrolysis) is 1. The fourth-order valence-corrected chi connectivity index (χ4v) is 8.17. The van der Waals surface area contributed by atoms with Crippen LogP contribution in [0.3, 0.4) is 0 Å². The summed E-state index contributed by atoms with van der Waals surface area (Å²) >= 11 is 0. The number of likely N-dealkylation sites (tertiary alicyclic amines) is 2. The van der Waals surface area contributed by atoms with Gasteiger partial charge in [0.15, 0.2) is 0 Å². The smallest absolute Gasteiger partial charge is 0.407 e. The standard InChI is InChI=1S/C44H54N10O7/c1-25(2)37(52(6)43(58)59)41(56)54-19-9-11-36(54)39-46-22-32(49-39)27-14-12-26(13-15-27)31-21-45-30-20-28(16-17-29(30)48-31)33-23-47-38(50-33)35-10-8-18-53(35)40(55)34(51-42(57)60-7)24-61-44(3,4)5/h12-17,20-23,25,34-37H,8-11,18-19,24H2,1-7H3,(H,46,49)(H,47,50)(H,51,57)(H,58,59)/t34-,35-,36-,37?/m0/s1. The molecule has 1 unspecified atom stereocenters. The number of aromatic amines is 2. The highest BCUT2D eigenvalue weighted by Gasteiger charge is 2.40. The second kappa shape index (κ2) is 17.7. The van der Waals surface area contributed by atoms with E-state index in [1.54, 1.807) is 28.4 Å². The number of H-pyrrole nitrogens is 2. The van der Waals surface area contributed by atoms with E-state index in [1.165, 1.54) is 14.2 Å². The zero-order chi connectivity index (χ0) is 43.6. The molecule has 2 aliphatic heterocycles. The predicted octanol–water partition coefficient (Wildman–Crippen LogP) is 6.58. The molecule has 61 heavy (non-hydrogen) atoms. The Morgan fingerprint density at radius 3 is 1.98 bits per heavy atom. The van der Waals surface area contributed by atoms with Crippen LogP contribution in [-0.2, 0) is 19.1 Å². The van der Waals surface area contributed by atoms with Gasteiger partial charge in [-0.2, -0.15) is 0 Å². The number of hydrogen-bond acceptors (Lipinski definition) is 10. The van der Waals surface area contributed by atoms with Crippen molar-refractivity contribution in [2.24, 2.45) is 5.92 Å². The molecule has 3 aromatic heterocycles. The van der Waals surface area contributed by atoms with Crippen molar-refractivity contribution in [1.29, 1.82) is 0 Å². The molecule has 322 valence electrons. The molecule has 7 rings (SSSR count). The van der Waals surface area contributed by atoms with E-state index < -0.39 is 29.9 Å². The number of nitrogens with one attached hydrogen (secondary N) is 3. The van der Waals surface area contributed by atoms with Crippen LogP contribution in [0, 0.1) is 5.92 Å². The topological polar surface area (TPSA) is 212 Å². The van der Waals surface area contributed by atoms with Crippen molar-refractivity contribution in [3.8, 4) is 33.8 Å². The number of methoxy groups -OCH3 is 1. The molecule has 4 N–H and O–H groups in total. The van der Waals surface area contributed by atoms with Gasteiger partial charge in [0.2, 0.25) is 11.8 Å². The average molecular weight is 835 g/mol. The van der Waals surface area contributed by atoms with Crippen molar-refractivity contribution in [3.05, 3.63) is 72.7 Å². The largest absolute Gasteiger partial charge is 0.465 e. The Bertz CT molecular complexity index is 2390. The maximum absolute atomic E-state index is 13.8. The molecule has 0 radical (unpaired) electrons. The SMILES string of the molecule is COC(=O)N[C@@H](COC(C)(C)C)C(=O)N1CCC[C@H]1c1ncc(-c2ccc3nc(-c4ccc(-c5cnc([C@@H]6CCCN6C(=O)C(C(C)C)N(C)C(=O)O)[nH]5)cc4)cnc3c2)[nH]1. The Labute approximate surface area is 354 Å². The summed E-state index contributed by atoms with van der Waals surface area (Å²) in [4.78, 5) is 81.7. The van der Waals surface area contributed by atoms with E-state index in [-0.39, 0.29) is 36.4 Å². The second-order valence-corrected chi connectivity index (χ2v) is 17.0. The molecule has 0 aliphatic carbocycles. The predicted molar refractivity (Wildman–Crippen MR) is 227 cm³/mol. The zero-order valence-electron chi connectivity index (χ0n) is 35.6. The molecule has 17 heteroatoms. The van der Waals surface area contributed by atoms with Gasteiger partial charge in [-0.3, -0.25) is 19.5 Å². The van der Waals surface area contributed by atoms with Crippen LogP contribution in [0.5, 0.6) is 0 Å². The van der Waals surface area contributed by atoms with E-state index in [1.807, 2.05) is 77.1 Å². The molecule has 4 amide bonds. The highest BCUT2D eigenvalue weighted by atomic mass is 16.5. The van der Waals surface area contributed by atoms with E-state index in [0.29, 0.717) is 35.9 Å². The molecule has 0 spiro atoms. The van der Waals surface area contributed by atoms with Crippen LogP contribution in [-0.4, -0.2) is 125 Å². The van der Waals surface area contributed by atoms with Crippen LogP contribution in [0.2, 0.25) is 0 Å². The number of imidazole rings is 2. The number of carbonyl (C=O) groups excluding carboxylic acids is 3. The number of amides is 4. The number of hydrogen-bond donors (Lipinski definition) is 4. The van der Waals surface area contributed by atoms with E-state index >= 15 is 0 Å². The minimum Gasteiger partial charge on any atom is -0.465 e. The van der Waals surface area contributed by atoms with Crippen molar-refractivity contribution < 1.29 is 33.8 Å². The van der Waals surface area contributed by atoms with Crippen LogP contribution < -0.4 is 5.32 Å². The monoisotopic (exact) mass is 834 g/mol. The minimum absolute atomic E-state index is 0.00396. The summed E-state index contributed by atoms with van der Waals surface area (Å²) in [7, 11) is 2.70. The number of carboxylic acid groups (broad SMARTS) is 1. The highest BCUT2D eigenvalue weighted by molar-refractivity contribution is 5.87. The first-order chi connectivity index (χ1) is 29.1. The Kier molecular flexibility index (Phi) is 12.4. The van der Waals surface area contributed by atoms with Crippen molar-refractivity contribution >= 4 is 35.0 Å². The lowest BCUT2D eigenvalue weighted by molar-refractivity contribution is -0.139. The first kappa shape index (κ1) is 42.8. The summed E-state index contributed by atoms with van der Waals surface area (Å²) in [5.41, 5.74) is 5.90. The van der Waals surface area contributed by atoms with Crippen LogP contribution >= 0.6 is 0 Å². The Balaban J connectivity index is 1.02. The van der Waals surface area contributed by atoms with Crippen LogP contribution in [0.15, 0.2) is 61.1 Å². The number of likely N-dealkylation sites (N-methyl/N-ethyl adjacent to an activating group) is 1. The molecule has 2 fully saturated rings. The molecule has 4 atom stereocenters. The second-order valence-electron chi connectivity index (χ2n) is 17.0. The van der Waals surface area contributed by atoms with Gasteiger partial charge in [-0.25, -0.2) is 24.5 Å². The normalized spacial score (nSPS) is 17.8. The quantitative estimate of drug-likeness (QED) is 0.105. The fourth-order valence-electron chi connectivity index (χ4n) is 8.17.